The van der Waals surface area contributed by atoms with Crippen LogP contribution in [0, 0.1) is 0 Å². The molecule has 96 valence electrons. The number of ether oxygens (including phenoxy) is 1. The zero-order valence-corrected chi connectivity index (χ0v) is 11.2. The van der Waals surface area contributed by atoms with Gasteiger partial charge in [0, 0.05) is 17.7 Å². The second-order valence-corrected chi connectivity index (χ2v) is 5.22. The standard InChI is InChI=1S/C13H18N4O/c1-13(2,3)12-15-9-17(16-12)8-10-5-6-14-11(7-10)18-4/h5-7,9H,8H2,1-4H3. The molecule has 2 rings (SSSR count). The Morgan fingerprint density at radius 2 is 2.06 bits per heavy atom. The maximum atomic E-state index is 5.10. The SMILES string of the molecule is COc1cc(Cn2cnc(C(C)(C)C)n2)ccn1. The lowest BCUT2D eigenvalue weighted by atomic mass is 9.96. The Labute approximate surface area is 107 Å². The molecule has 2 heterocycles. The molecule has 0 radical (unpaired) electrons. The van der Waals surface area contributed by atoms with E-state index < -0.39 is 0 Å². The van der Waals surface area contributed by atoms with Crippen LogP contribution in [0.25, 0.3) is 0 Å². The van der Waals surface area contributed by atoms with Crippen molar-refractivity contribution in [3.05, 3.63) is 36.0 Å². The van der Waals surface area contributed by atoms with Crippen LogP contribution in [-0.2, 0) is 12.0 Å². The summed E-state index contributed by atoms with van der Waals surface area (Å²) < 4.78 is 6.92. The maximum absolute atomic E-state index is 5.10. The van der Waals surface area contributed by atoms with E-state index in [1.807, 2.05) is 16.8 Å². The Balaban J connectivity index is 2.16. The number of nitrogens with zero attached hydrogens (tertiary/aromatic N) is 4. The van der Waals surface area contributed by atoms with E-state index in [9.17, 15) is 0 Å². The summed E-state index contributed by atoms with van der Waals surface area (Å²) in [5.74, 6) is 1.46. The van der Waals surface area contributed by atoms with Gasteiger partial charge in [-0.3, -0.25) is 0 Å². The van der Waals surface area contributed by atoms with Crippen molar-refractivity contribution < 1.29 is 4.74 Å². The second-order valence-electron chi connectivity index (χ2n) is 5.22. The number of hydrogen-bond acceptors (Lipinski definition) is 4. The van der Waals surface area contributed by atoms with Gasteiger partial charge >= 0.3 is 0 Å². The quantitative estimate of drug-likeness (QED) is 0.831. The van der Waals surface area contributed by atoms with Crippen molar-refractivity contribution in [3.8, 4) is 5.88 Å². The van der Waals surface area contributed by atoms with Gasteiger partial charge in [0.2, 0.25) is 5.88 Å². The van der Waals surface area contributed by atoms with Crippen LogP contribution in [-0.4, -0.2) is 26.9 Å². The van der Waals surface area contributed by atoms with E-state index in [-0.39, 0.29) is 5.41 Å². The van der Waals surface area contributed by atoms with Crippen molar-refractivity contribution in [1.29, 1.82) is 0 Å². The number of pyridine rings is 1. The van der Waals surface area contributed by atoms with Gasteiger partial charge in [0.25, 0.3) is 0 Å². The number of hydrogen-bond donors (Lipinski definition) is 0. The molecule has 5 heteroatoms. The fraction of sp³-hybridized carbons (Fsp3) is 0.462. The summed E-state index contributed by atoms with van der Waals surface area (Å²) in [5, 5.41) is 4.48. The third-order valence-electron chi connectivity index (χ3n) is 2.56. The average molecular weight is 246 g/mol. The average Bonchev–Trinajstić information content (AvgIpc) is 2.77. The van der Waals surface area contributed by atoms with Crippen LogP contribution in [0.3, 0.4) is 0 Å². The molecule has 0 fully saturated rings. The molecule has 0 aliphatic heterocycles. The van der Waals surface area contributed by atoms with Crippen molar-refractivity contribution >= 4 is 0 Å². The second kappa shape index (κ2) is 4.76. The smallest absolute Gasteiger partial charge is 0.213 e. The summed E-state index contributed by atoms with van der Waals surface area (Å²) >= 11 is 0. The molecule has 2 aromatic heterocycles. The summed E-state index contributed by atoms with van der Waals surface area (Å²) in [4.78, 5) is 8.41. The monoisotopic (exact) mass is 246 g/mol. The van der Waals surface area contributed by atoms with Crippen molar-refractivity contribution in [3.63, 3.8) is 0 Å². The summed E-state index contributed by atoms with van der Waals surface area (Å²) in [6, 6.07) is 3.85. The van der Waals surface area contributed by atoms with Crippen LogP contribution >= 0.6 is 0 Å². The summed E-state index contributed by atoms with van der Waals surface area (Å²) in [6.45, 7) is 6.97. The third kappa shape index (κ3) is 2.85. The largest absolute Gasteiger partial charge is 0.481 e. The summed E-state index contributed by atoms with van der Waals surface area (Å²) in [5.41, 5.74) is 1.06. The van der Waals surface area contributed by atoms with Gasteiger partial charge < -0.3 is 4.74 Å². The van der Waals surface area contributed by atoms with Crippen molar-refractivity contribution in [2.75, 3.05) is 7.11 Å². The minimum absolute atomic E-state index is 0.0266. The zero-order chi connectivity index (χ0) is 13.2. The molecule has 0 aromatic carbocycles. The Morgan fingerprint density at radius 1 is 1.28 bits per heavy atom. The van der Waals surface area contributed by atoms with Crippen LogP contribution in [0.1, 0.15) is 32.2 Å². The van der Waals surface area contributed by atoms with Gasteiger partial charge in [0.15, 0.2) is 5.82 Å². The summed E-state index contributed by atoms with van der Waals surface area (Å²) in [7, 11) is 1.61. The molecule has 0 aliphatic carbocycles. The first kappa shape index (κ1) is 12.5. The summed E-state index contributed by atoms with van der Waals surface area (Å²) in [6.07, 6.45) is 3.49. The van der Waals surface area contributed by atoms with E-state index in [2.05, 4.69) is 35.8 Å². The van der Waals surface area contributed by atoms with Crippen LogP contribution in [0.4, 0.5) is 0 Å². The van der Waals surface area contributed by atoms with Gasteiger partial charge in [-0.25, -0.2) is 14.6 Å². The maximum Gasteiger partial charge on any atom is 0.213 e. The van der Waals surface area contributed by atoms with Gasteiger partial charge in [-0.2, -0.15) is 5.10 Å². The van der Waals surface area contributed by atoms with E-state index in [4.69, 9.17) is 4.74 Å². The molecule has 18 heavy (non-hydrogen) atoms. The first-order chi connectivity index (χ1) is 8.49. The first-order valence-electron chi connectivity index (χ1n) is 5.88. The molecule has 0 atom stereocenters. The highest BCUT2D eigenvalue weighted by Gasteiger charge is 2.18. The van der Waals surface area contributed by atoms with Gasteiger partial charge in [-0.15, -0.1) is 0 Å². The fourth-order valence-corrected chi connectivity index (χ4v) is 1.56. The van der Waals surface area contributed by atoms with Crippen LogP contribution in [0.15, 0.2) is 24.7 Å². The molecule has 0 saturated heterocycles. The van der Waals surface area contributed by atoms with Gasteiger partial charge in [0.05, 0.1) is 13.7 Å². The molecule has 0 bridgehead atoms. The molecule has 2 aromatic rings. The van der Waals surface area contributed by atoms with Crippen molar-refractivity contribution in [1.82, 2.24) is 19.7 Å². The predicted octanol–water partition coefficient (Wildman–Crippen LogP) is 2.03. The number of rotatable bonds is 3. The van der Waals surface area contributed by atoms with E-state index in [1.165, 1.54) is 0 Å². The van der Waals surface area contributed by atoms with Crippen LogP contribution in [0.5, 0.6) is 5.88 Å². The topological polar surface area (TPSA) is 52.8 Å². The molecule has 0 saturated carbocycles. The minimum Gasteiger partial charge on any atom is -0.481 e. The molecular formula is C13H18N4O. The van der Waals surface area contributed by atoms with E-state index in [0.717, 1.165) is 11.4 Å². The van der Waals surface area contributed by atoms with Crippen molar-refractivity contribution in [2.45, 2.75) is 32.7 Å². The zero-order valence-electron chi connectivity index (χ0n) is 11.2. The van der Waals surface area contributed by atoms with Crippen molar-refractivity contribution in [2.24, 2.45) is 0 Å². The highest BCUT2D eigenvalue weighted by atomic mass is 16.5. The third-order valence-corrected chi connectivity index (χ3v) is 2.56. The van der Waals surface area contributed by atoms with Gasteiger partial charge in [-0.1, -0.05) is 20.8 Å². The van der Waals surface area contributed by atoms with Crippen LogP contribution < -0.4 is 4.74 Å². The Morgan fingerprint density at radius 3 is 2.67 bits per heavy atom. The Bertz CT molecular complexity index is 528. The van der Waals surface area contributed by atoms with Gasteiger partial charge in [-0.05, 0) is 11.6 Å². The molecule has 0 spiro atoms. The van der Waals surface area contributed by atoms with Crippen LogP contribution in [0.2, 0.25) is 0 Å². The Hall–Kier alpha value is -1.91. The van der Waals surface area contributed by atoms with E-state index in [0.29, 0.717) is 12.4 Å². The van der Waals surface area contributed by atoms with E-state index in [1.54, 1.807) is 19.6 Å². The molecule has 5 nitrogen and oxygen atoms in total. The van der Waals surface area contributed by atoms with E-state index >= 15 is 0 Å². The minimum atomic E-state index is -0.0266. The fourth-order valence-electron chi connectivity index (χ4n) is 1.56. The lowest BCUT2D eigenvalue weighted by molar-refractivity contribution is 0.397. The predicted molar refractivity (Wildman–Crippen MR) is 68.6 cm³/mol. The number of methoxy groups -OCH3 is 1. The number of aromatic nitrogens is 4. The molecule has 0 aliphatic rings. The lowest BCUT2D eigenvalue weighted by Gasteiger charge is -2.12. The molecular weight excluding hydrogens is 228 g/mol. The molecule has 0 N–H and O–H groups in total. The first-order valence-corrected chi connectivity index (χ1v) is 5.88. The Kier molecular flexibility index (Phi) is 3.32. The normalized spacial score (nSPS) is 11.6. The molecule has 0 amide bonds. The highest BCUT2D eigenvalue weighted by molar-refractivity contribution is 5.20. The lowest BCUT2D eigenvalue weighted by Crippen LogP contribution is -2.14. The van der Waals surface area contributed by atoms with Gasteiger partial charge in [0.1, 0.15) is 6.33 Å². The molecule has 0 unspecified atom stereocenters. The highest BCUT2D eigenvalue weighted by Crippen LogP contribution is 2.17.